The first-order valence-electron chi connectivity index (χ1n) is 8.23. The van der Waals surface area contributed by atoms with Crippen LogP contribution in [-0.2, 0) is 0 Å². The van der Waals surface area contributed by atoms with Gasteiger partial charge in [-0.25, -0.2) is 4.79 Å². The molecule has 3 aromatic rings. The molecule has 1 unspecified atom stereocenters. The summed E-state index contributed by atoms with van der Waals surface area (Å²) in [6, 6.07) is 24.7. The van der Waals surface area contributed by atoms with Crippen molar-refractivity contribution in [3.8, 4) is 11.5 Å². The fourth-order valence-corrected chi connectivity index (χ4v) is 2.78. The van der Waals surface area contributed by atoms with E-state index in [1.807, 2.05) is 24.3 Å². The molecule has 0 aromatic heterocycles. The lowest BCUT2D eigenvalue weighted by atomic mass is 9.90. The Morgan fingerprint density at radius 3 is 1.96 bits per heavy atom. The third-order valence-electron chi connectivity index (χ3n) is 4.18. The van der Waals surface area contributed by atoms with Gasteiger partial charge in [-0.2, -0.15) is 0 Å². The molecule has 0 spiro atoms. The molecule has 0 heterocycles. The SMILES string of the molecule is Cc1ccccc1C(C)c1ccc(OC(=O)Oc2ccccc2)cc1. The zero-order valence-corrected chi connectivity index (χ0v) is 14.3. The van der Waals surface area contributed by atoms with Crippen molar-refractivity contribution < 1.29 is 14.3 Å². The van der Waals surface area contributed by atoms with Crippen molar-refractivity contribution in [3.63, 3.8) is 0 Å². The Morgan fingerprint density at radius 1 is 0.760 bits per heavy atom. The van der Waals surface area contributed by atoms with E-state index in [2.05, 4.69) is 32.0 Å². The number of aryl methyl sites for hydroxylation is 1. The standard InChI is InChI=1S/C22H20O3/c1-16-8-6-7-11-21(16)17(2)18-12-14-20(15-13-18)25-22(23)24-19-9-4-3-5-10-19/h3-15,17H,1-2H3. The number of rotatable bonds is 4. The minimum atomic E-state index is -0.745. The Morgan fingerprint density at radius 2 is 1.32 bits per heavy atom. The van der Waals surface area contributed by atoms with Crippen molar-refractivity contribution >= 4 is 6.16 Å². The quantitative estimate of drug-likeness (QED) is 0.452. The second-order valence-corrected chi connectivity index (χ2v) is 5.91. The molecular formula is C22H20O3. The Kier molecular flexibility index (Phi) is 5.14. The molecule has 3 nitrogen and oxygen atoms in total. The smallest absolute Gasteiger partial charge is 0.395 e. The van der Waals surface area contributed by atoms with Crippen molar-refractivity contribution in [3.05, 3.63) is 95.6 Å². The summed E-state index contributed by atoms with van der Waals surface area (Å²) >= 11 is 0. The van der Waals surface area contributed by atoms with Gasteiger partial charge in [0.15, 0.2) is 0 Å². The number of carbonyl (C=O) groups is 1. The molecular weight excluding hydrogens is 312 g/mol. The summed E-state index contributed by atoms with van der Waals surface area (Å²) < 4.78 is 10.3. The fraction of sp³-hybridized carbons (Fsp3) is 0.136. The predicted octanol–water partition coefficient (Wildman–Crippen LogP) is 5.72. The Hall–Kier alpha value is -3.07. The van der Waals surface area contributed by atoms with Crippen LogP contribution in [0.2, 0.25) is 0 Å². The highest BCUT2D eigenvalue weighted by molar-refractivity contribution is 5.67. The van der Waals surface area contributed by atoms with Crippen LogP contribution in [-0.4, -0.2) is 6.16 Å². The minimum Gasteiger partial charge on any atom is -0.395 e. The van der Waals surface area contributed by atoms with Gasteiger partial charge in [0, 0.05) is 5.92 Å². The molecule has 3 aromatic carbocycles. The van der Waals surface area contributed by atoms with E-state index in [9.17, 15) is 4.79 Å². The van der Waals surface area contributed by atoms with E-state index < -0.39 is 6.16 Å². The summed E-state index contributed by atoms with van der Waals surface area (Å²) in [5.74, 6) is 1.19. The highest BCUT2D eigenvalue weighted by Gasteiger charge is 2.12. The molecule has 0 fully saturated rings. The van der Waals surface area contributed by atoms with Gasteiger partial charge in [-0.3, -0.25) is 0 Å². The molecule has 0 bridgehead atoms. The molecule has 126 valence electrons. The van der Waals surface area contributed by atoms with Crippen molar-refractivity contribution in [1.82, 2.24) is 0 Å². The van der Waals surface area contributed by atoms with Crippen LogP contribution in [0, 0.1) is 6.92 Å². The Balaban J connectivity index is 1.66. The molecule has 0 aliphatic heterocycles. The van der Waals surface area contributed by atoms with Crippen LogP contribution in [0.5, 0.6) is 11.5 Å². The lowest BCUT2D eigenvalue weighted by molar-refractivity contribution is 0.152. The summed E-state index contributed by atoms with van der Waals surface area (Å²) in [6.07, 6.45) is -0.745. The van der Waals surface area contributed by atoms with Crippen LogP contribution < -0.4 is 9.47 Å². The number of carbonyl (C=O) groups excluding carboxylic acids is 1. The van der Waals surface area contributed by atoms with E-state index in [1.54, 1.807) is 36.4 Å². The molecule has 0 amide bonds. The Labute approximate surface area is 147 Å². The molecule has 0 aliphatic carbocycles. The summed E-state index contributed by atoms with van der Waals surface area (Å²) in [4.78, 5) is 11.8. The maximum atomic E-state index is 11.8. The van der Waals surface area contributed by atoms with Gasteiger partial charge < -0.3 is 9.47 Å². The highest BCUT2D eigenvalue weighted by atomic mass is 16.7. The maximum Gasteiger partial charge on any atom is 0.519 e. The highest BCUT2D eigenvalue weighted by Crippen LogP contribution is 2.28. The number of hydrogen-bond donors (Lipinski definition) is 0. The summed E-state index contributed by atoms with van der Waals surface area (Å²) in [7, 11) is 0. The predicted molar refractivity (Wildman–Crippen MR) is 98.2 cm³/mol. The third-order valence-corrected chi connectivity index (χ3v) is 4.18. The number of ether oxygens (including phenoxy) is 2. The second kappa shape index (κ2) is 7.67. The van der Waals surface area contributed by atoms with Crippen LogP contribution in [0.3, 0.4) is 0 Å². The van der Waals surface area contributed by atoms with E-state index >= 15 is 0 Å². The van der Waals surface area contributed by atoms with Gasteiger partial charge in [0.2, 0.25) is 0 Å². The zero-order valence-electron chi connectivity index (χ0n) is 14.3. The second-order valence-electron chi connectivity index (χ2n) is 5.91. The topological polar surface area (TPSA) is 35.5 Å². The largest absolute Gasteiger partial charge is 0.519 e. The molecule has 0 saturated carbocycles. The van der Waals surface area contributed by atoms with Crippen LogP contribution >= 0.6 is 0 Å². The van der Waals surface area contributed by atoms with E-state index in [0.29, 0.717) is 11.5 Å². The molecule has 0 aliphatic rings. The molecule has 1 atom stereocenters. The molecule has 0 radical (unpaired) electrons. The monoisotopic (exact) mass is 332 g/mol. The van der Waals surface area contributed by atoms with E-state index in [0.717, 1.165) is 5.56 Å². The summed E-state index contributed by atoms with van der Waals surface area (Å²) in [5, 5.41) is 0. The van der Waals surface area contributed by atoms with Gasteiger partial charge in [0.05, 0.1) is 0 Å². The summed E-state index contributed by atoms with van der Waals surface area (Å²) in [6.45, 7) is 4.28. The van der Waals surface area contributed by atoms with Crippen molar-refractivity contribution in [1.29, 1.82) is 0 Å². The molecule has 3 rings (SSSR count). The van der Waals surface area contributed by atoms with Crippen LogP contribution in [0.15, 0.2) is 78.9 Å². The molecule has 0 saturated heterocycles. The van der Waals surface area contributed by atoms with Crippen LogP contribution in [0.25, 0.3) is 0 Å². The average Bonchev–Trinajstić information content (AvgIpc) is 2.63. The third kappa shape index (κ3) is 4.27. The van der Waals surface area contributed by atoms with Gasteiger partial charge in [-0.15, -0.1) is 0 Å². The van der Waals surface area contributed by atoms with Crippen molar-refractivity contribution in [2.75, 3.05) is 0 Å². The summed E-state index contributed by atoms with van der Waals surface area (Å²) in [5.41, 5.74) is 3.72. The van der Waals surface area contributed by atoms with Gasteiger partial charge in [0.25, 0.3) is 0 Å². The maximum absolute atomic E-state index is 11.8. The molecule has 3 heteroatoms. The first-order chi connectivity index (χ1) is 12.1. The zero-order chi connectivity index (χ0) is 17.6. The lowest BCUT2D eigenvalue weighted by Gasteiger charge is -2.15. The number of benzene rings is 3. The fourth-order valence-electron chi connectivity index (χ4n) is 2.78. The number of para-hydroxylation sites is 1. The van der Waals surface area contributed by atoms with Crippen molar-refractivity contribution in [2.24, 2.45) is 0 Å². The van der Waals surface area contributed by atoms with Crippen molar-refractivity contribution in [2.45, 2.75) is 19.8 Å². The first-order valence-corrected chi connectivity index (χ1v) is 8.23. The molecule has 0 N–H and O–H groups in total. The van der Waals surface area contributed by atoms with Gasteiger partial charge in [0.1, 0.15) is 11.5 Å². The minimum absolute atomic E-state index is 0.270. The molecule has 25 heavy (non-hydrogen) atoms. The average molecular weight is 332 g/mol. The number of hydrogen-bond acceptors (Lipinski definition) is 3. The van der Waals surface area contributed by atoms with Crippen LogP contribution in [0.4, 0.5) is 4.79 Å². The van der Waals surface area contributed by atoms with E-state index in [-0.39, 0.29) is 5.92 Å². The normalized spacial score (nSPS) is 11.6. The Bertz CT molecular complexity index is 839. The van der Waals surface area contributed by atoms with Gasteiger partial charge in [-0.05, 0) is 47.9 Å². The lowest BCUT2D eigenvalue weighted by Crippen LogP contribution is -2.13. The first kappa shape index (κ1) is 16.8. The van der Waals surface area contributed by atoms with Gasteiger partial charge >= 0.3 is 6.16 Å². The van der Waals surface area contributed by atoms with E-state index in [1.165, 1.54) is 11.1 Å². The van der Waals surface area contributed by atoms with E-state index in [4.69, 9.17) is 9.47 Å². The van der Waals surface area contributed by atoms with Crippen LogP contribution in [0.1, 0.15) is 29.5 Å². The van der Waals surface area contributed by atoms with Gasteiger partial charge in [-0.1, -0.05) is 61.5 Å².